The van der Waals surface area contributed by atoms with Gasteiger partial charge in [-0.15, -0.1) is 0 Å². The van der Waals surface area contributed by atoms with Gasteiger partial charge >= 0.3 is 0 Å². The molecular weight excluding hydrogens is 196 g/mol. The maximum Gasteiger partial charge on any atom is 0.0233 e. The third-order valence-electron chi connectivity index (χ3n) is 4.04. The van der Waals surface area contributed by atoms with Crippen LogP contribution in [0.15, 0.2) is 30.3 Å². The fraction of sp³-hybridized carbons (Fsp3) is 0.571. The number of rotatable bonds is 3. The molecule has 0 aliphatic carbocycles. The predicted octanol–water partition coefficient (Wildman–Crippen LogP) is 1.73. The first-order valence-corrected chi connectivity index (χ1v) is 6.39. The van der Waals surface area contributed by atoms with Gasteiger partial charge in [-0.3, -0.25) is 4.90 Å². The summed E-state index contributed by atoms with van der Waals surface area (Å²) < 4.78 is 0. The minimum Gasteiger partial charge on any atom is -0.316 e. The summed E-state index contributed by atoms with van der Waals surface area (Å²) in [5.74, 6) is 1.91. The Morgan fingerprint density at radius 2 is 1.94 bits per heavy atom. The van der Waals surface area contributed by atoms with Crippen LogP contribution in [0.25, 0.3) is 0 Å². The Hall–Kier alpha value is -0.860. The third-order valence-corrected chi connectivity index (χ3v) is 4.04. The lowest BCUT2D eigenvalue weighted by Crippen LogP contribution is -2.46. The van der Waals surface area contributed by atoms with Gasteiger partial charge in [0.05, 0.1) is 0 Å². The van der Waals surface area contributed by atoms with Crippen LogP contribution in [0.4, 0.5) is 0 Å². The molecule has 0 unspecified atom stereocenters. The van der Waals surface area contributed by atoms with Crippen molar-refractivity contribution >= 4 is 0 Å². The van der Waals surface area contributed by atoms with E-state index < -0.39 is 0 Å². The highest BCUT2D eigenvalue weighted by Crippen LogP contribution is 2.27. The summed E-state index contributed by atoms with van der Waals surface area (Å²) in [4.78, 5) is 2.61. The normalized spacial score (nSPS) is 26.9. The van der Waals surface area contributed by atoms with Crippen molar-refractivity contribution in [1.82, 2.24) is 10.2 Å². The summed E-state index contributed by atoms with van der Waals surface area (Å²) >= 11 is 0. The Bertz CT molecular complexity index is 332. The Morgan fingerprint density at radius 3 is 2.62 bits per heavy atom. The number of nitrogens with zero attached hydrogens (tertiary/aromatic N) is 1. The second kappa shape index (κ2) is 4.56. The molecule has 1 atom stereocenters. The van der Waals surface area contributed by atoms with Crippen LogP contribution in [0.1, 0.15) is 12.0 Å². The monoisotopic (exact) mass is 216 g/mol. The van der Waals surface area contributed by atoms with E-state index in [1.54, 1.807) is 0 Å². The Kier molecular flexibility index (Phi) is 2.94. The van der Waals surface area contributed by atoms with Crippen molar-refractivity contribution in [3.05, 3.63) is 35.9 Å². The van der Waals surface area contributed by atoms with Crippen LogP contribution < -0.4 is 5.32 Å². The van der Waals surface area contributed by atoms with E-state index in [9.17, 15) is 0 Å². The van der Waals surface area contributed by atoms with Gasteiger partial charge in [-0.25, -0.2) is 0 Å². The first-order valence-electron chi connectivity index (χ1n) is 6.39. The van der Waals surface area contributed by atoms with E-state index in [1.165, 1.54) is 38.2 Å². The van der Waals surface area contributed by atoms with E-state index in [1.807, 2.05) is 0 Å². The maximum atomic E-state index is 3.38. The SMILES string of the molecule is c1ccc(CN2CC[C@@H](C3CNC3)C2)cc1. The number of benzene rings is 1. The van der Waals surface area contributed by atoms with E-state index >= 15 is 0 Å². The molecule has 2 aliphatic heterocycles. The van der Waals surface area contributed by atoms with Gasteiger partial charge in [0.25, 0.3) is 0 Å². The van der Waals surface area contributed by atoms with E-state index in [0.29, 0.717) is 0 Å². The van der Waals surface area contributed by atoms with Gasteiger partial charge in [0.2, 0.25) is 0 Å². The average molecular weight is 216 g/mol. The van der Waals surface area contributed by atoms with Crippen LogP contribution in [0.3, 0.4) is 0 Å². The molecule has 0 spiro atoms. The molecule has 86 valence electrons. The highest BCUT2D eigenvalue weighted by molar-refractivity contribution is 5.14. The summed E-state index contributed by atoms with van der Waals surface area (Å²) in [6.07, 6.45) is 1.40. The van der Waals surface area contributed by atoms with Gasteiger partial charge < -0.3 is 5.32 Å². The molecule has 2 saturated heterocycles. The zero-order valence-corrected chi connectivity index (χ0v) is 9.73. The standard InChI is InChI=1S/C14H20N2/c1-2-4-12(5-3-1)10-16-7-6-13(11-16)14-8-15-9-14/h1-5,13-15H,6-11H2/t13-/m1/s1. The molecule has 2 heterocycles. The summed E-state index contributed by atoms with van der Waals surface area (Å²) in [5.41, 5.74) is 1.45. The minimum absolute atomic E-state index is 0.949. The number of hydrogen-bond donors (Lipinski definition) is 1. The smallest absolute Gasteiger partial charge is 0.0233 e. The topological polar surface area (TPSA) is 15.3 Å². The van der Waals surface area contributed by atoms with Crippen LogP contribution in [-0.4, -0.2) is 31.1 Å². The molecule has 2 fully saturated rings. The van der Waals surface area contributed by atoms with Crippen molar-refractivity contribution in [1.29, 1.82) is 0 Å². The molecule has 0 aromatic heterocycles. The second-order valence-corrected chi connectivity index (χ2v) is 5.19. The fourth-order valence-corrected chi connectivity index (χ4v) is 2.88. The Labute approximate surface area is 97.6 Å². The molecule has 1 aromatic rings. The van der Waals surface area contributed by atoms with Crippen LogP contribution >= 0.6 is 0 Å². The molecule has 0 radical (unpaired) electrons. The van der Waals surface area contributed by atoms with E-state index in [0.717, 1.165) is 18.4 Å². The molecule has 0 saturated carbocycles. The van der Waals surface area contributed by atoms with Crippen molar-refractivity contribution in [2.75, 3.05) is 26.2 Å². The van der Waals surface area contributed by atoms with Crippen LogP contribution in [-0.2, 0) is 6.54 Å². The quantitative estimate of drug-likeness (QED) is 0.828. The van der Waals surface area contributed by atoms with Gasteiger partial charge in [-0.05, 0) is 43.5 Å². The van der Waals surface area contributed by atoms with E-state index in [2.05, 4.69) is 40.5 Å². The molecular formula is C14H20N2. The van der Waals surface area contributed by atoms with Crippen LogP contribution in [0.2, 0.25) is 0 Å². The van der Waals surface area contributed by atoms with Crippen molar-refractivity contribution in [3.8, 4) is 0 Å². The van der Waals surface area contributed by atoms with Crippen LogP contribution in [0.5, 0.6) is 0 Å². The van der Waals surface area contributed by atoms with E-state index in [-0.39, 0.29) is 0 Å². The molecule has 2 nitrogen and oxygen atoms in total. The lowest BCUT2D eigenvalue weighted by Gasteiger charge is -2.32. The third kappa shape index (κ3) is 2.13. The van der Waals surface area contributed by atoms with Crippen molar-refractivity contribution in [3.63, 3.8) is 0 Å². The van der Waals surface area contributed by atoms with Gasteiger partial charge in [-0.2, -0.15) is 0 Å². The maximum absolute atomic E-state index is 3.38. The summed E-state index contributed by atoms with van der Waals surface area (Å²) in [6.45, 7) is 6.24. The van der Waals surface area contributed by atoms with E-state index in [4.69, 9.17) is 0 Å². The second-order valence-electron chi connectivity index (χ2n) is 5.19. The Balaban J connectivity index is 1.54. The highest BCUT2D eigenvalue weighted by atomic mass is 15.1. The summed E-state index contributed by atoms with van der Waals surface area (Å²) in [6, 6.07) is 10.8. The molecule has 2 aliphatic rings. The largest absolute Gasteiger partial charge is 0.316 e. The molecule has 1 N–H and O–H groups in total. The first kappa shape index (κ1) is 10.3. The summed E-state index contributed by atoms with van der Waals surface area (Å²) in [5, 5.41) is 3.38. The van der Waals surface area contributed by atoms with Crippen molar-refractivity contribution < 1.29 is 0 Å². The Morgan fingerprint density at radius 1 is 1.12 bits per heavy atom. The molecule has 16 heavy (non-hydrogen) atoms. The van der Waals surface area contributed by atoms with Crippen molar-refractivity contribution in [2.24, 2.45) is 11.8 Å². The molecule has 0 bridgehead atoms. The molecule has 0 amide bonds. The number of nitrogens with one attached hydrogen (secondary N) is 1. The molecule has 3 rings (SSSR count). The van der Waals surface area contributed by atoms with Gasteiger partial charge in [0, 0.05) is 13.1 Å². The van der Waals surface area contributed by atoms with Gasteiger partial charge in [0.15, 0.2) is 0 Å². The number of hydrogen-bond acceptors (Lipinski definition) is 2. The molecule has 2 heteroatoms. The zero-order chi connectivity index (χ0) is 10.8. The molecule has 1 aromatic carbocycles. The minimum atomic E-state index is 0.949. The lowest BCUT2D eigenvalue weighted by atomic mass is 9.87. The average Bonchev–Trinajstić information content (AvgIpc) is 2.65. The first-order chi connectivity index (χ1) is 7.92. The fourth-order valence-electron chi connectivity index (χ4n) is 2.88. The highest BCUT2D eigenvalue weighted by Gasteiger charge is 2.32. The summed E-state index contributed by atoms with van der Waals surface area (Å²) in [7, 11) is 0. The van der Waals surface area contributed by atoms with Crippen LogP contribution in [0, 0.1) is 11.8 Å². The zero-order valence-electron chi connectivity index (χ0n) is 9.73. The number of likely N-dealkylation sites (tertiary alicyclic amines) is 1. The predicted molar refractivity (Wildman–Crippen MR) is 66.2 cm³/mol. The van der Waals surface area contributed by atoms with Crippen molar-refractivity contribution in [2.45, 2.75) is 13.0 Å². The van der Waals surface area contributed by atoms with Gasteiger partial charge in [0.1, 0.15) is 0 Å². The lowest BCUT2D eigenvalue weighted by molar-refractivity contribution is 0.223. The van der Waals surface area contributed by atoms with Gasteiger partial charge in [-0.1, -0.05) is 30.3 Å².